The first kappa shape index (κ1) is 26.0. The fourth-order valence-corrected chi connectivity index (χ4v) is 5.47. The molecule has 1 aliphatic carbocycles. The highest BCUT2D eigenvalue weighted by Crippen LogP contribution is 2.34. The molecule has 2 rings (SSSR count). The number of alkyl carbamates (subject to hydrolysis) is 1. The summed E-state index contributed by atoms with van der Waals surface area (Å²) < 4.78 is 11.5. The number of hydrogen-bond donors (Lipinski definition) is 1. The molecule has 1 saturated carbocycles. The molecular formula is C25H46BrNO3. The fourth-order valence-electron chi connectivity index (χ4n) is 4.82. The van der Waals surface area contributed by atoms with Gasteiger partial charge in [-0.05, 0) is 58.3 Å². The van der Waals surface area contributed by atoms with Crippen LogP contribution in [-0.4, -0.2) is 35.8 Å². The number of hydrogen-bond acceptors (Lipinski definition) is 3. The first-order chi connectivity index (χ1) is 14.4. The zero-order chi connectivity index (χ0) is 21.8. The van der Waals surface area contributed by atoms with E-state index in [4.69, 9.17) is 9.47 Å². The Labute approximate surface area is 193 Å². The van der Waals surface area contributed by atoms with Gasteiger partial charge in [0.15, 0.2) is 0 Å². The maximum absolute atomic E-state index is 11.8. The van der Waals surface area contributed by atoms with E-state index >= 15 is 0 Å². The Morgan fingerprint density at radius 2 is 1.43 bits per heavy atom. The Balaban J connectivity index is 1.69. The zero-order valence-corrected chi connectivity index (χ0v) is 21.3. The lowest BCUT2D eigenvalue weighted by atomic mass is 9.84. The van der Waals surface area contributed by atoms with Gasteiger partial charge in [-0.1, -0.05) is 73.7 Å². The van der Waals surface area contributed by atoms with Crippen LogP contribution in [0.4, 0.5) is 4.79 Å². The summed E-state index contributed by atoms with van der Waals surface area (Å²) in [4.78, 5) is 11.8. The summed E-state index contributed by atoms with van der Waals surface area (Å²) in [7, 11) is 0. The number of carbonyl (C=O) groups is 1. The summed E-state index contributed by atoms with van der Waals surface area (Å²) in [5, 5.41) is 4.04. The van der Waals surface area contributed by atoms with Gasteiger partial charge in [0, 0.05) is 18.3 Å². The lowest BCUT2D eigenvalue weighted by Crippen LogP contribution is -2.49. The highest BCUT2D eigenvalue weighted by atomic mass is 79.9. The Morgan fingerprint density at radius 1 is 0.933 bits per heavy atom. The van der Waals surface area contributed by atoms with E-state index in [1.807, 2.05) is 20.8 Å². The van der Waals surface area contributed by atoms with Crippen molar-refractivity contribution in [1.29, 1.82) is 0 Å². The second kappa shape index (κ2) is 14.0. The van der Waals surface area contributed by atoms with Crippen LogP contribution in [0.25, 0.3) is 0 Å². The molecule has 2 aliphatic rings. The third-order valence-corrected chi connectivity index (χ3v) is 7.52. The van der Waals surface area contributed by atoms with Crippen LogP contribution in [0.2, 0.25) is 0 Å². The van der Waals surface area contributed by atoms with E-state index < -0.39 is 5.60 Å². The van der Waals surface area contributed by atoms with Gasteiger partial charge in [0.05, 0.1) is 12.2 Å². The lowest BCUT2D eigenvalue weighted by Gasteiger charge is -2.41. The number of carbonyl (C=O) groups excluding carboxylic acids is 1. The van der Waals surface area contributed by atoms with Crippen molar-refractivity contribution in [3.05, 3.63) is 0 Å². The Hall–Kier alpha value is -0.290. The van der Waals surface area contributed by atoms with E-state index in [2.05, 4.69) is 21.2 Å². The van der Waals surface area contributed by atoms with Crippen LogP contribution in [-0.2, 0) is 9.47 Å². The van der Waals surface area contributed by atoms with Crippen LogP contribution in [0.1, 0.15) is 111 Å². The number of nitrogens with one attached hydrogen (secondary N) is 1. The number of amides is 1. The zero-order valence-electron chi connectivity index (χ0n) is 19.7. The van der Waals surface area contributed by atoms with E-state index in [0.29, 0.717) is 18.6 Å². The van der Waals surface area contributed by atoms with Gasteiger partial charge in [0.2, 0.25) is 0 Å². The third-order valence-electron chi connectivity index (χ3n) is 6.60. The van der Waals surface area contributed by atoms with Gasteiger partial charge in [0.25, 0.3) is 0 Å². The maximum Gasteiger partial charge on any atom is 0.407 e. The van der Waals surface area contributed by atoms with Gasteiger partial charge in [-0.3, -0.25) is 0 Å². The minimum absolute atomic E-state index is 0.153. The Bertz CT molecular complexity index is 474. The van der Waals surface area contributed by atoms with Crippen LogP contribution < -0.4 is 5.32 Å². The molecule has 176 valence electrons. The molecule has 0 aromatic heterocycles. The average Bonchev–Trinajstić information content (AvgIpc) is 2.64. The molecule has 1 N–H and O–H groups in total. The summed E-state index contributed by atoms with van der Waals surface area (Å²) in [6.07, 6.45) is 19.0. The topological polar surface area (TPSA) is 47.6 Å². The van der Waals surface area contributed by atoms with Crippen molar-refractivity contribution in [2.45, 2.75) is 128 Å². The quantitative estimate of drug-likeness (QED) is 0.420. The van der Waals surface area contributed by atoms with Gasteiger partial charge in [-0.2, -0.15) is 0 Å². The predicted octanol–water partition coefficient (Wildman–Crippen LogP) is 7.38. The molecule has 4 unspecified atom stereocenters. The molecule has 5 heteroatoms. The van der Waals surface area contributed by atoms with Crippen molar-refractivity contribution in [2.75, 3.05) is 11.9 Å². The SMILES string of the molecule is CC(C)(C)OC(=O)NCC1CC(C2CCCCCCCC(CBr)CCCCCC2)O1. The highest BCUT2D eigenvalue weighted by Gasteiger charge is 2.35. The van der Waals surface area contributed by atoms with Crippen molar-refractivity contribution >= 4 is 22.0 Å². The van der Waals surface area contributed by atoms with Gasteiger partial charge < -0.3 is 14.8 Å². The predicted molar refractivity (Wildman–Crippen MR) is 128 cm³/mol. The first-order valence-corrected chi connectivity index (χ1v) is 13.7. The van der Waals surface area contributed by atoms with E-state index in [1.165, 1.54) is 88.8 Å². The third kappa shape index (κ3) is 10.8. The number of halogens is 1. The summed E-state index contributed by atoms with van der Waals surface area (Å²) in [6, 6.07) is 0. The molecule has 4 atom stereocenters. The van der Waals surface area contributed by atoms with Crippen molar-refractivity contribution in [2.24, 2.45) is 11.8 Å². The van der Waals surface area contributed by atoms with Crippen LogP contribution in [0.15, 0.2) is 0 Å². The van der Waals surface area contributed by atoms with Crippen LogP contribution in [0, 0.1) is 11.8 Å². The summed E-state index contributed by atoms with van der Waals surface area (Å²) in [5.74, 6) is 1.58. The molecule has 1 heterocycles. The van der Waals surface area contributed by atoms with Gasteiger partial charge in [-0.25, -0.2) is 4.79 Å². The normalized spacial score (nSPS) is 30.4. The van der Waals surface area contributed by atoms with E-state index in [1.54, 1.807) is 0 Å². The molecule has 1 saturated heterocycles. The molecule has 30 heavy (non-hydrogen) atoms. The van der Waals surface area contributed by atoms with E-state index in [0.717, 1.165) is 12.3 Å². The molecule has 0 aromatic rings. The molecule has 2 fully saturated rings. The molecule has 1 amide bonds. The number of alkyl halides is 1. The molecule has 4 nitrogen and oxygen atoms in total. The highest BCUT2D eigenvalue weighted by molar-refractivity contribution is 9.09. The first-order valence-electron chi connectivity index (χ1n) is 12.6. The van der Waals surface area contributed by atoms with Gasteiger partial charge in [-0.15, -0.1) is 0 Å². The van der Waals surface area contributed by atoms with Crippen molar-refractivity contribution in [1.82, 2.24) is 5.32 Å². The largest absolute Gasteiger partial charge is 0.444 e. The Kier molecular flexibility index (Phi) is 12.1. The summed E-state index contributed by atoms with van der Waals surface area (Å²) in [5.41, 5.74) is -0.452. The molecule has 0 bridgehead atoms. The second-order valence-electron chi connectivity index (χ2n) is 10.5. The summed E-state index contributed by atoms with van der Waals surface area (Å²) in [6.45, 7) is 6.22. The van der Waals surface area contributed by atoms with Crippen LogP contribution >= 0.6 is 15.9 Å². The lowest BCUT2D eigenvalue weighted by molar-refractivity contribution is -0.150. The standard InChI is InChI=1S/C25H46BrNO3/c1-25(2,3)30-24(28)27-19-22-17-23(29-22)21-15-11-6-4-5-9-13-20(18-26)14-10-7-8-12-16-21/h20-23H,4-19H2,1-3H3,(H,27,28). The van der Waals surface area contributed by atoms with Crippen molar-refractivity contribution < 1.29 is 14.3 Å². The van der Waals surface area contributed by atoms with Crippen molar-refractivity contribution in [3.8, 4) is 0 Å². The van der Waals surface area contributed by atoms with E-state index in [9.17, 15) is 4.79 Å². The molecule has 0 aromatic carbocycles. The molecule has 0 spiro atoms. The van der Waals surface area contributed by atoms with Crippen LogP contribution in [0.3, 0.4) is 0 Å². The molecule has 0 radical (unpaired) electrons. The molecular weight excluding hydrogens is 442 g/mol. The summed E-state index contributed by atoms with van der Waals surface area (Å²) >= 11 is 3.72. The van der Waals surface area contributed by atoms with E-state index in [-0.39, 0.29) is 12.2 Å². The fraction of sp³-hybridized carbons (Fsp3) is 0.960. The Morgan fingerprint density at radius 3 is 1.93 bits per heavy atom. The number of ether oxygens (including phenoxy) is 2. The second-order valence-corrected chi connectivity index (χ2v) is 11.2. The monoisotopic (exact) mass is 487 g/mol. The van der Waals surface area contributed by atoms with Crippen LogP contribution in [0.5, 0.6) is 0 Å². The number of rotatable bonds is 4. The molecule has 1 aliphatic heterocycles. The minimum Gasteiger partial charge on any atom is -0.444 e. The minimum atomic E-state index is -0.452. The van der Waals surface area contributed by atoms with Gasteiger partial charge >= 0.3 is 6.09 Å². The van der Waals surface area contributed by atoms with Gasteiger partial charge in [0.1, 0.15) is 5.60 Å². The van der Waals surface area contributed by atoms with Crippen molar-refractivity contribution in [3.63, 3.8) is 0 Å². The maximum atomic E-state index is 11.8. The smallest absolute Gasteiger partial charge is 0.407 e. The average molecular weight is 489 g/mol.